The zero-order valence-corrected chi connectivity index (χ0v) is 8.84. The number of halogens is 3. The fraction of sp³-hybridized carbons (Fsp3) is 0.100. The topological polar surface area (TPSA) is 42.1 Å². The number of nitrogens with one attached hydrogen (secondary N) is 1. The van der Waals surface area contributed by atoms with Gasteiger partial charge in [-0.2, -0.15) is 0 Å². The number of carbonyl (C=O) groups is 1. The maximum atomic E-state index is 12.7. The van der Waals surface area contributed by atoms with Crippen molar-refractivity contribution >= 4 is 29.3 Å². The average molecular weight is 242 g/mol. The summed E-state index contributed by atoms with van der Waals surface area (Å²) in [6.45, 7) is -5.15. The summed E-state index contributed by atoms with van der Waals surface area (Å²) in [4.78, 5) is 14.1. The first-order valence-corrected chi connectivity index (χ1v) is 4.83. The van der Waals surface area contributed by atoms with Crippen LogP contribution in [0.5, 0.6) is 0 Å². The molecule has 17 heavy (non-hydrogen) atoms. The first-order chi connectivity index (χ1) is 7.93. The van der Waals surface area contributed by atoms with E-state index in [0.29, 0.717) is 5.39 Å². The molecule has 1 aromatic carbocycles. The molecule has 0 saturated carbocycles. The summed E-state index contributed by atoms with van der Waals surface area (Å²) in [7, 11) is 1.13. The highest BCUT2D eigenvalue weighted by molar-refractivity contribution is 6.73. The Hall–Kier alpha value is -1.92. The maximum Gasteiger partial charge on any atom is 0.509 e. The van der Waals surface area contributed by atoms with Crippen LogP contribution in [0.15, 0.2) is 24.4 Å². The minimum atomic E-state index is -5.15. The smallest absolute Gasteiger partial charge is 0.465 e. The second kappa shape index (κ2) is 3.83. The van der Waals surface area contributed by atoms with Gasteiger partial charge in [-0.25, -0.2) is 4.79 Å². The Kier molecular flexibility index (Phi) is 2.61. The molecule has 0 unspecified atom stereocenters. The number of methoxy groups -OCH3 is 1. The summed E-state index contributed by atoms with van der Waals surface area (Å²) < 4.78 is 42.5. The van der Waals surface area contributed by atoms with E-state index in [4.69, 9.17) is 0 Å². The van der Waals surface area contributed by atoms with Crippen molar-refractivity contribution in [3.63, 3.8) is 0 Å². The number of rotatable bonds is 2. The van der Waals surface area contributed by atoms with Gasteiger partial charge in [0.1, 0.15) is 0 Å². The molecule has 0 atom stereocenters. The number of H-pyrrole nitrogens is 1. The number of benzene rings is 1. The van der Waals surface area contributed by atoms with Crippen molar-refractivity contribution in [1.29, 1.82) is 0 Å². The summed E-state index contributed by atoms with van der Waals surface area (Å²) in [5.74, 6) is -0.781. The molecule has 0 amide bonds. The number of ether oxygens (including phenoxy) is 1. The minimum Gasteiger partial charge on any atom is -0.465 e. The van der Waals surface area contributed by atoms with Gasteiger partial charge in [0.2, 0.25) is 0 Å². The van der Waals surface area contributed by atoms with Crippen molar-refractivity contribution in [1.82, 2.24) is 4.98 Å². The molecule has 0 aliphatic heterocycles. The van der Waals surface area contributed by atoms with Crippen molar-refractivity contribution in [2.24, 2.45) is 0 Å². The largest absolute Gasteiger partial charge is 0.509 e. The van der Waals surface area contributed by atoms with E-state index in [-0.39, 0.29) is 11.1 Å². The molecule has 0 spiro atoms. The molecule has 2 aromatic rings. The van der Waals surface area contributed by atoms with Gasteiger partial charge in [-0.3, -0.25) is 0 Å². The van der Waals surface area contributed by atoms with Gasteiger partial charge >= 0.3 is 12.9 Å². The van der Waals surface area contributed by atoms with Crippen molar-refractivity contribution in [3.05, 3.63) is 30.0 Å². The van der Waals surface area contributed by atoms with Gasteiger partial charge in [-0.1, -0.05) is 12.1 Å². The predicted octanol–water partition coefficient (Wildman–Crippen LogP) is 2.01. The Morgan fingerprint density at radius 3 is 2.65 bits per heavy atom. The summed E-state index contributed by atoms with van der Waals surface area (Å²) in [5.41, 5.74) is -0.636. The monoisotopic (exact) mass is 242 g/mol. The van der Waals surface area contributed by atoms with Gasteiger partial charge in [0.15, 0.2) is 0 Å². The lowest BCUT2D eigenvalue weighted by Gasteiger charge is -2.16. The zero-order chi connectivity index (χ0) is 12.6. The quantitative estimate of drug-likeness (QED) is 0.646. The van der Waals surface area contributed by atoms with Gasteiger partial charge in [-0.15, -0.1) is 5.46 Å². The van der Waals surface area contributed by atoms with Crippen molar-refractivity contribution in [2.75, 3.05) is 7.11 Å². The predicted molar refractivity (Wildman–Crippen MR) is 58.4 cm³/mol. The third kappa shape index (κ3) is 2.00. The van der Waals surface area contributed by atoms with Crippen LogP contribution in [-0.4, -0.2) is 25.0 Å². The Bertz CT molecular complexity index is 576. The Morgan fingerprint density at radius 1 is 1.35 bits per heavy atom. The summed E-state index contributed by atoms with van der Waals surface area (Å²) in [6.07, 6.45) is 1.48. The summed E-state index contributed by atoms with van der Waals surface area (Å²) >= 11 is 0. The molecule has 0 fully saturated rings. The fourth-order valence-electron chi connectivity index (χ4n) is 1.66. The molecule has 0 aliphatic rings. The Balaban J connectivity index is 2.71. The van der Waals surface area contributed by atoms with Crippen LogP contribution in [0, 0.1) is 0 Å². The highest BCUT2D eigenvalue weighted by Gasteiger charge is 2.27. The Morgan fingerprint density at radius 2 is 2.06 bits per heavy atom. The van der Waals surface area contributed by atoms with E-state index < -0.39 is 18.4 Å². The van der Waals surface area contributed by atoms with Gasteiger partial charge in [0.25, 0.3) is 0 Å². The SMILES string of the molecule is COC(=O)c1cc([B-](F)(F)F)cc2[nH]ccc12. The lowest BCUT2D eigenvalue weighted by Crippen LogP contribution is -2.34. The van der Waals surface area contributed by atoms with E-state index in [9.17, 15) is 17.7 Å². The van der Waals surface area contributed by atoms with Crippen molar-refractivity contribution in [2.45, 2.75) is 0 Å². The zero-order valence-electron chi connectivity index (χ0n) is 8.84. The second-order valence-corrected chi connectivity index (χ2v) is 3.57. The van der Waals surface area contributed by atoms with Gasteiger partial charge in [0, 0.05) is 17.1 Å². The van der Waals surface area contributed by atoms with E-state index in [1.165, 1.54) is 12.3 Å². The lowest BCUT2D eigenvalue weighted by molar-refractivity contribution is 0.0603. The molecule has 0 radical (unpaired) electrons. The molecular formula is C10H8BF3NO2-. The van der Waals surface area contributed by atoms with Crippen LogP contribution < -0.4 is 5.46 Å². The molecule has 2 rings (SSSR count). The maximum absolute atomic E-state index is 12.7. The van der Waals surface area contributed by atoms with Crippen LogP contribution in [-0.2, 0) is 4.74 Å². The van der Waals surface area contributed by atoms with Crippen LogP contribution in [0.1, 0.15) is 10.4 Å². The van der Waals surface area contributed by atoms with E-state index in [1.54, 1.807) is 0 Å². The number of hydrogen-bond donors (Lipinski definition) is 1. The number of aromatic amines is 1. The van der Waals surface area contributed by atoms with Crippen LogP contribution in [0.2, 0.25) is 0 Å². The molecule has 3 nitrogen and oxygen atoms in total. The lowest BCUT2D eigenvalue weighted by atomic mass is 9.79. The van der Waals surface area contributed by atoms with Crippen LogP contribution in [0.25, 0.3) is 10.9 Å². The van der Waals surface area contributed by atoms with Gasteiger partial charge < -0.3 is 22.7 Å². The number of hydrogen-bond acceptors (Lipinski definition) is 2. The normalized spacial score (nSPS) is 11.8. The van der Waals surface area contributed by atoms with Crippen molar-refractivity contribution < 1.29 is 22.5 Å². The van der Waals surface area contributed by atoms with E-state index in [2.05, 4.69) is 9.72 Å². The van der Waals surface area contributed by atoms with E-state index in [1.807, 2.05) is 0 Å². The third-order valence-corrected chi connectivity index (χ3v) is 2.47. The molecule has 1 N–H and O–H groups in total. The minimum absolute atomic E-state index is 0.0829. The van der Waals surface area contributed by atoms with Gasteiger partial charge in [0.05, 0.1) is 12.7 Å². The molecule has 1 aromatic heterocycles. The van der Waals surface area contributed by atoms with Crippen LogP contribution in [0.3, 0.4) is 0 Å². The average Bonchev–Trinajstić information content (AvgIpc) is 2.73. The number of fused-ring (bicyclic) bond motifs is 1. The molecule has 0 saturated heterocycles. The Labute approximate surface area is 94.6 Å². The molecule has 90 valence electrons. The molecule has 0 aliphatic carbocycles. The van der Waals surface area contributed by atoms with E-state index in [0.717, 1.165) is 19.2 Å². The first kappa shape index (κ1) is 11.6. The summed E-state index contributed by atoms with van der Waals surface area (Å²) in [5, 5.41) is 0.417. The number of carbonyl (C=O) groups excluding carboxylic acids is 1. The fourth-order valence-corrected chi connectivity index (χ4v) is 1.66. The summed E-state index contributed by atoms with van der Waals surface area (Å²) in [6, 6.07) is 3.35. The standard InChI is InChI=1S/C10H8BF3NO2/c1-17-10(16)8-4-6(11(12,13)14)5-9-7(8)2-3-15-9/h2-5,15H,1H3/q-1. The number of aromatic nitrogens is 1. The van der Waals surface area contributed by atoms with Crippen LogP contribution >= 0.6 is 0 Å². The third-order valence-electron chi connectivity index (χ3n) is 2.47. The second-order valence-electron chi connectivity index (χ2n) is 3.57. The molecular weight excluding hydrogens is 234 g/mol. The van der Waals surface area contributed by atoms with Crippen LogP contribution in [0.4, 0.5) is 12.9 Å². The van der Waals surface area contributed by atoms with Crippen molar-refractivity contribution in [3.8, 4) is 0 Å². The highest BCUT2D eigenvalue weighted by Crippen LogP contribution is 2.20. The highest BCUT2D eigenvalue weighted by atomic mass is 19.4. The molecule has 1 heterocycles. The van der Waals surface area contributed by atoms with E-state index >= 15 is 0 Å². The number of esters is 1. The van der Waals surface area contributed by atoms with Gasteiger partial charge in [-0.05, 0) is 6.07 Å². The molecule has 0 bridgehead atoms. The first-order valence-electron chi connectivity index (χ1n) is 4.83. The molecule has 7 heteroatoms.